The highest BCUT2D eigenvalue weighted by molar-refractivity contribution is 5.96. The van der Waals surface area contributed by atoms with Crippen molar-refractivity contribution < 1.29 is 9.53 Å². The summed E-state index contributed by atoms with van der Waals surface area (Å²) in [6.45, 7) is 2.18. The molecule has 20 heavy (non-hydrogen) atoms. The van der Waals surface area contributed by atoms with E-state index < -0.39 is 0 Å². The summed E-state index contributed by atoms with van der Waals surface area (Å²) in [5.74, 6) is -0.283. The highest BCUT2D eigenvalue weighted by Gasteiger charge is 2.26. The number of aromatic nitrogens is 1. The standard InChI is InChI=1S/C16H16N2O2/c1-2-20-16(19)15-9-12-7-6-11(10-17)8-14(12)18(15)13-4-3-5-13/h6-9,13H,2-5H2,1H3. The quantitative estimate of drug-likeness (QED) is 0.801. The fourth-order valence-electron chi connectivity index (χ4n) is 2.69. The van der Waals surface area contributed by atoms with Gasteiger partial charge in [0.15, 0.2) is 0 Å². The van der Waals surface area contributed by atoms with Crippen molar-refractivity contribution in [2.75, 3.05) is 6.61 Å². The van der Waals surface area contributed by atoms with Crippen molar-refractivity contribution in [3.05, 3.63) is 35.5 Å². The molecule has 0 atom stereocenters. The molecule has 1 aliphatic rings. The van der Waals surface area contributed by atoms with E-state index >= 15 is 0 Å². The van der Waals surface area contributed by atoms with Crippen LogP contribution in [0.3, 0.4) is 0 Å². The number of fused-ring (bicyclic) bond motifs is 1. The molecule has 1 saturated carbocycles. The third-order valence-electron chi connectivity index (χ3n) is 3.90. The molecule has 2 aromatic rings. The van der Waals surface area contributed by atoms with Crippen molar-refractivity contribution in [3.8, 4) is 6.07 Å². The molecule has 4 nitrogen and oxygen atoms in total. The molecule has 0 unspecified atom stereocenters. The second kappa shape index (κ2) is 5.01. The second-order valence-electron chi connectivity index (χ2n) is 5.09. The molecule has 102 valence electrons. The zero-order valence-corrected chi connectivity index (χ0v) is 11.4. The Labute approximate surface area is 117 Å². The van der Waals surface area contributed by atoms with Crippen molar-refractivity contribution >= 4 is 16.9 Å². The molecule has 1 aromatic heterocycles. The van der Waals surface area contributed by atoms with Gasteiger partial charge in [-0.05, 0) is 44.4 Å². The van der Waals surface area contributed by atoms with Crippen LogP contribution in [0.15, 0.2) is 24.3 Å². The normalized spacial score (nSPS) is 14.8. The van der Waals surface area contributed by atoms with E-state index in [1.54, 1.807) is 6.07 Å². The maximum absolute atomic E-state index is 12.1. The van der Waals surface area contributed by atoms with Crippen LogP contribution in [0.4, 0.5) is 0 Å². The average Bonchev–Trinajstić information content (AvgIpc) is 2.76. The van der Waals surface area contributed by atoms with E-state index in [1.165, 1.54) is 6.42 Å². The molecule has 0 bridgehead atoms. The average molecular weight is 268 g/mol. The van der Waals surface area contributed by atoms with Crippen LogP contribution in [0, 0.1) is 11.3 Å². The van der Waals surface area contributed by atoms with E-state index in [1.807, 2.05) is 25.1 Å². The number of ether oxygens (including phenoxy) is 1. The summed E-state index contributed by atoms with van der Waals surface area (Å²) in [7, 11) is 0. The van der Waals surface area contributed by atoms with E-state index in [0.717, 1.165) is 23.7 Å². The third-order valence-corrected chi connectivity index (χ3v) is 3.90. The summed E-state index contributed by atoms with van der Waals surface area (Å²) >= 11 is 0. The van der Waals surface area contributed by atoms with Crippen LogP contribution in [0.5, 0.6) is 0 Å². The predicted octanol–water partition coefficient (Wildman–Crippen LogP) is 3.41. The highest BCUT2D eigenvalue weighted by atomic mass is 16.5. The van der Waals surface area contributed by atoms with Gasteiger partial charge in [0.25, 0.3) is 0 Å². The molecule has 0 saturated heterocycles. The Kier molecular flexibility index (Phi) is 3.19. The van der Waals surface area contributed by atoms with Crippen molar-refractivity contribution in [2.45, 2.75) is 32.2 Å². The lowest BCUT2D eigenvalue weighted by atomic mass is 9.92. The van der Waals surface area contributed by atoms with Crippen LogP contribution in [0.2, 0.25) is 0 Å². The van der Waals surface area contributed by atoms with Gasteiger partial charge in [-0.15, -0.1) is 0 Å². The maximum atomic E-state index is 12.1. The van der Waals surface area contributed by atoms with E-state index in [9.17, 15) is 4.79 Å². The van der Waals surface area contributed by atoms with Crippen LogP contribution in [-0.4, -0.2) is 17.1 Å². The monoisotopic (exact) mass is 268 g/mol. The number of benzene rings is 1. The van der Waals surface area contributed by atoms with E-state index in [2.05, 4.69) is 10.6 Å². The maximum Gasteiger partial charge on any atom is 0.354 e. The minimum atomic E-state index is -0.283. The molecule has 1 aromatic carbocycles. The zero-order chi connectivity index (χ0) is 14.1. The molecule has 0 radical (unpaired) electrons. The fourth-order valence-corrected chi connectivity index (χ4v) is 2.69. The van der Waals surface area contributed by atoms with Gasteiger partial charge in [-0.1, -0.05) is 6.07 Å². The minimum absolute atomic E-state index is 0.283. The molecule has 0 aliphatic heterocycles. The molecule has 4 heteroatoms. The first-order chi connectivity index (χ1) is 9.74. The molecular weight excluding hydrogens is 252 g/mol. The zero-order valence-electron chi connectivity index (χ0n) is 11.4. The Balaban J connectivity index is 2.18. The highest BCUT2D eigenvalue weighted by Crippen LogP contribution is 2.37. The van der Waals surface area contributed by atoms with Crippen molar-refractivity contribution in [1.82, 2.24) is 4.57 Å². The van der Waals surface area contributed by atoms with Crippen LogP contribution in [-0.2, 0) is 4.74 Å². The SMILES string of the molecule is CCOC(=O)c1cc2ccc(C#N)cc2n1C1CCC1. The van der Waals surface area contributed by atoms with Gasteiger partial charge in [0.2, 0.25) is 0 Å². The van der Waals surface area contributed by atoms with Crippen molar-refractivity contribution in [3.63, 3.8) is 0 Å². The fraction of sp³-hybridized carbons (Fsp3) is 0.375. The number of esters is 1. The molecular formula is C16H16N2O2. The van der Waals surface area contributed by atoms with Gasteiger partial charge in [-0.2, -0.15) is 5.26 Å². The van der Waals surface area contributed by atoms with E-state index in [-0.39, 0.29) is 5.97 Å². The number of nitriles is 1. The first-order valence-electron chi connectivity index (χ1n) is 6.96. The van der Waals surface area contributed by atoms with Crippen molar-refractivity contribution in [2.24, 2.45) is 0 Å². The van der Waals surface area contributed by atoms with Gasteiger partial charge in [0, 0.05) is 11.4 Å². The Morgan fingerprint density at radius 3 is 2.85 bits per heavy atom. The van der Waals surface area contributed by atoms with Crippen LogP contribution >= 0.6 is 0 Å². The third kappa shape index (κ3) is 1.96. The Morgan fingerprint density at radius 2 is 2.25 bits per heavy atom. The lowest BCUT2D eigenvalue weighted by Gasteiger charge is -2.29. The number of hydrogen-bond donors (Lipinski definition) is 0. The van der Waals surface area contributed by atoms with Crippen LogP contribution in [0.25, 0.3) is 10.9 Å². The summed E-state index contributed by atoms with van der Waals surface area (Å²) in [4.78, 5) is 12.1. The predicted molar refractivity (Wildman–Crippen MR) is 75.5 cm³/mol. The number of carbonyl (C=O) groups is 1. The summed E-state index contributed by atoms with van der Waals surface area (Å²) in [5.41, 5.74) is 2.17. The smallest absolute Gasteiger partial charge is 0.354 e. The van der Waals surface area contributed by atoms with Gasteiger partial charge in [0.1, 0.15) is 5.69 Å². The summed E-state index contributed by atoms with van der Waals surface area (Å²) in [5, 5.41) is 10.0. The van der Waals surface area contributed by atoms with Gasteiger partial charge in [-0.25, -0.2) is 4.79 Å². The number of rotatable bonds is 3. The minimum Gasteiger partial charge on any atom is -0.461 e. The Hall–Kier alpha value is -2.28. The second-order valence-corrected chi connectivity index (χ2v) is 5.09. The van der Waals surface area contributed by atoms with E-state index in [0.29, 0.717) is 23.9 Å². The first-order valence-corrected chi connectivity index (χ1v) is 6.96. The molecule has 0 N–H and O–H groups in total. The number of hydrogen-bond acceptors (Lipinski definition) is 3. The van der Waals surface area contributed by atoms with Gasteiger partial charge in [0.05, 0.1) is 23.8 Å². The summed E-state index contributed by atoms with van der Waals surface area (Å²) in [6.07, 6.45) is 3.34. The summed E-state index contributed by atoms with van der Waals surface area (Å²) in [6, 6.07) is 9.90. The molecule has 0 amide bonds. The topological polar surface area (TPSA) is 55.0 Å². The lowest BCUT2D eigenvalue weighted by Crippen LogP contribution is -2.21. The molecule has 3 rings (SSSR count). The molecule has 1 aliphatic carbocycles. The van der Waals surface area contributed by atoms with Gasteiger partial charge >= 0.3 is 5.97 Å². The Bertz CT molecular complexity index is 705. The van der Waals surface area contributed by atoms with Crippen LogP contribution < -0.4 is 0 Å². The molecule has 1 fully saturated rings. The molecule has 1 heterocycles. The number of nitrogens with zero attached hydrogens (tertiary/aromatic N) is 2. The molecule has 0 spiro atoms. The first kappa shape index (κ1) is 12.7. The van der Waals surface area contributed by atoms with Crippen molar-refractivity contribution in [1.29, 1.82) is 5.26 Å². The Morgan fingerprint density at radius 1 is 1.45 bits per heavy atom. The van der Waals surface area contributed by atoms with Gasteiger partial charge in [-0.3, -0.25) is 0 Å². The largest absolute Gasteiger partial charge is 0.461 e. The van der Waals surface area contributed by atoms with E-state index in [4.69, 9.17) is 10.00 Å². The van der Waals surface area contributed by atoms with Crippen LogP contribution in [0.1, 0.15) is 48.3 Å². The summed E-state index contributed by atoms with van der Waals surface area (Å²) < 4.78 is 7.20. The number of carbonyl (C=O) groups excluding carboxylic acids is 1. The van der Waals surface area contributed by atoms with Gasteiger partial charge < -0.3 is 9.30 Å². The lowest BCUT2D eigenvalue weighted by molar-refractivity contribution is 0.0508.